The minimum atomic E-state index is -3.90. The molecular weight excluding hydrogens is 544 g/mol. The standard InChI is InChI=1S/C35H64N2O4S/c1-26(2)11-8-12-27(3)30-15-16-31-29-14-13-28-25-35(38,20-19-33(28,4)32(29)17-18-34(30,31)5)36-21-9-22-37(6,7)23-10-24-42(39,40)41/h13,26-27,29-32,36,38H,8-12,14-25H2,1-7H3/p+1/t27-,29?,30-,31?,32?,33+,34-,35?/m1/s1. The van der Waals surface area contributed by atoms with Gasteiger partial charge in [0.2, 0.25) is 0 Å². The van der Waals surface area contributed by atoms with Gasteiger partial charge in [0.15, 0.2) is 0 Å². The highest BCUT2D eigenvalue weighted by atomic mass is 32.2. The first-order valence-corrected chi connectivity index (χ1v) is 19.0. The van der Waals surface area contributed by atoms with Crippen LogP contribution in [0.1, 0.15) is 118 Å². The topological polar surface area (TPSA) is 86.6 Å². The fraction of sp³-hybridized carbons (Fsp3) is 0.943. The van der Waals surface area contributed by atoms with E-state index in [2.05, 4.69) is 60.1 Å². The van der Waals surface area contributed by atoms with E-state index in [0.29, 0.717) is 22.9 Å². The Hall–Kier alpha value is -0.470. The van der Waals surface area contributed by atoms with Crippen molar-refractivity contribution in [3.05, 3.63) is 11.6 Å². The normalized spacial score (nSPS) is 37.6. The maximum absolute atomic E-state index is 11.6. The maximum Gasteiger partial charge on any atom is 0.265 e. The van der Waals surface area contributed by atoms with E-state index in [0.717, 1.165) is 74.3 Å². The molecule has 0 aromatic heterocycles. The summed E-state index contributed by atoms with van der Waals surface area (Å²) in [6.45, 7) is 14.8. The Kier molecular flexibility index (Phi) is 10.7. The molecule has 4 rings (SSSR count). The predicted molar refractivity (Wildman–Crippen MR) is 173 cm³/mol. The fourth-order valence-electron chi connectivity index (χ4n) is 10.4. The Morgan fingerprint density at radius 3 is 2.38 bits per heavy atom. The average Bonchev–Trinajstić information content (AvgIpc) is 3.23. The van der Waals surface area contributed by atoms with E-state index in [9.17, 15) is 13.5 Å². The van der Waals surface area contributed by atoms with Gasteiger partial charge < -0.3 is 9.59 Å². The van der Waals surface area contributed by atoms with Crippen LogP contribution < -0.4 is 5.32 Å². The SMILES string of the molecule is CC(C)CCC[C@@H](C)[C@H]1CCC2C3CC=C4CC(O)(NCCC[N+](C)(C)CCCS(=O)(=O)O)CC[C@]4(C)C3CC[C@@]21C. The molecule has 7 heteroatoms. The van der Waals surface area contributed by atoms with Crippen molar-refractivity contribution in [2.75, 3.05) is 39.5 Å². The molecule has 8 atom stereocenters. The predicted octanol–water partition coefficient (Wildman–Crippen LogP) is 7.05. The lowest BCUT2D eigenvalue weighted by molar-refractivity contribution is -0.890. The van der Waals surface area contributed by atoms with Crippen LogP contribution in [0.4, 0.5) is 0 Å². The molecule has 3 fully saturated rings. The number of aliphatic hydroxyl groups is 1. The van der Waals surface area contributed by atoms with E-state index in [4.69, 9.17) is 4.55 Å². The van der Waals surface area contributed by atoms with E-state index in [1.165, 1.54) is 56.9 Å². The first-order valence-electron chi connectivity index (χ1n) is 17.4. The smallest absolute Gasteiger partial charge is 0.265 e. The van der Waals surface area contributed by atoms with Gasteiger partial charge in [0.25, 0.3) is 10.1 Å². The van der Waals surface area contributed by atoms with E-state index in [-0.39, 0.29) is 11.2 Å². The summed E-state index contributed by atoms with van der Waals surface area (Å²) in [6, 6.07) is 0. The van der Waals surface area contributed by atoms with E-state index >= 15 is 0 Å². The van der Waals surface area contributed by atoms with Gasteiger partial charge in [-0.1, -0.05) is 65.5 Å². The molecule has 3 saturated carbocycles. The third-order valence-corrected chi connectivity index (χ3v) is 13.7. The number of rotatable bonds is 14. The van der Waals surface area contributed by atoms with Gasteiger partial charge in [-0.2, -0.15) is 8.42 Å². The third kappa shape index (κ3) is 7.84. The largest absolute Gasteiger partial charge is 0.376 e. The number of quaternary nitrogens is 1. The number of allylic oxidation sites excluding steroid dienone is 1. The Labute approximate surface area is 258 Å². The zero-order valence-electron chi connectivity index (χ0n) is 28.1. The highest BCUT2D eigenvalue weighted by Gasteiger charge is 2.59. The van der Waals surface area contributed by atoms with Crippen molar-refractivity contribution < 1.29 is 22.6 Å². The second kappa shape index (κ2) is 13.1. The molecule has 6 nitrogen and oxygen atoms in total. The first-order chi connectivity index (χ1) is 19.5. The van der Waals surface area contributed by atoms with Crippen LogP contribution in [0.5, 0.6) is 0 Å². The molecule has 0 heterocycles. The van der Waals surface area contributed by atoms with Crippen LogP contribution in [0.2, 0.25) is 0 Å². The molecule has 0 aliphatic heterocycles. The molecule has 0 radical (unpaired) electrons. The van der Waals surface area contributed by atoms with E-state index in [1.807, 2.05) is 0 Å². The molecule has 0 saturated heterocycles. The van der Waals surface area contributed by atoms with Gasteiger partial charge in [-0.25, -0.2) is 0 Å². The number of nitrogens with one attached hydrogen (secondary N) is 1. The van der Waals surface area contributed by atoms with Crippen LogP contribution >= 0.6 is 0 Å². The van der Waals surface area contributed by atoms with Gasteiger partial charge in [0.1, 0.15) is 5.72 Å². The summed E-state index contributed by atoms with van der Waals surface area (Å²) in [6.07, 6.45) is 17.5. The lowest BCUT2D eigenvalue weighted by Crippen LogP contribution is -2.56. The second-order valence-corrected chi connectivity index (χ2v) is 18.4. The molecule has 0 spiro atoms. The summed E-state index contributed by atoms with van der Waals surface area (Å²) >= 11 is 0. The van der Waals surface area contributed by atoms with Crippen molar-refractivity contribution in [3.8, 4) is 0 Å². The molecule has 0 aromatic rings. The second-order valence-electron chi connectivity index (χ2n) is 16.8. The molecule has 4 aliphatic carbocycles. The molecule has 0 aromatic carbocycles. The summed E-state index contributed by atoms with van der Waals surface area (Å²) in [7, 11) is 0.304. The molecule has 244 valence electrons. The lowest BCUT2D eigenvalue weighted by Gasteiger charge is -2.59. The molecule has 4 aliphatic rings. The van der Waals surface area contributed by atoms with Crippen molar-refractivity contribution >= 4 is 10.1 Å². The molecule has 42 heavy (non-hydrogen) atoms. The van der Waals surface area contributed by atoms with Gasteiger partial charge in [-0.05, 0) is 91.3 Å². The van der Waals surface area contributed by atoms with Gasteiger partial charge in [-0.15, -0.1) is 0 Å². The van der Waals surface area contributed by atoms with Crippen molar-refractivity contribution in [1.82, 2.24) is 5.32 Å². The number of fused-ring (bicyclic) bond motifs is 5. The fourth-order valence-corrected chi connectivity index (χ4v) is 10.9. The van der Waals surface area contributed by atoms with Gasteiger partial charge >= 0.3 is 0 Å². The van der Waals surface area contributed by atoms with Crippen molar-refractivity contribution in [1.29, 1.82) is 0 Å². The maximum atomic E-state index is 11.6. The van der Waals surface area contributed by atoms with E-state index < -0.39 is 15.8 Å². The lowest BCUT2D eigenvalue weighted by atomic mass is 9.46. The van der Waals surface area contributed by atoms with Crippen LogP contribution in [0, 0.1) is 46.3 Å². The Morgan fingerprint density at radius 2 is 1.69 bits per heavy atom. The van der Waals surface area contributed by atoms with Crippen LogP contribution in [0.15, 0.2) is 11.6 Å². The average molecular weight is 610 g/mol. The highest BCUT2D eigenvalue weighted by Crippen LogP contribution is 2.67. The first kappa shape index (κ1) is 34.4. The molecular formula is C35H65N2O4S+. The monoisotopic (exact) mass is 609 g/mol. The zero-order valence-corrected chi connectivity index (χ0v) is 28.9. The minimum Gasteiger partial charge on any atom is -0.376 e. The summed E-state index contributed by atoms with van der Waals surface area (Å²) in [5.41, 5.74) is 1.42. The molecule has 4 unspecified atom stereocenters. The van der Waals surface area contributed by atoms with Crippen LogP contribution in [0.3, 0.4) is 0 Å². The molecule has 3 N–H and O–H groups in total. The zero-order chi connectivity index (χ0) is 31.0. The quantitative estimate of drug-likeness (QED) is 0.0646. The van der Waals surface area contributed by atoms with Crippen LogP contribution in [0.25, 0.3) is 0 Å². The number of hydrogen-bond acceptors (Lipinski definition) is 4. The molecule has 0 amide bonds. The minimum absolute atomic E-state index is 0.180. The van der Waals surface area contributed by atoms with Gasteiger partial charge in [-0.3, -0.25) is 9.87 Å². The third-order valence-electron chi connectivity index (χ3n) is 12.9. The number of nitrogens with zero attached hydrogens (tertiary/aromatic N) is 1. The Morgan fingerprint density at radius 1 is 0.976 bits per heavy atom. The van der Waals surface area contributed by atoms with Crippen molar-refractivity contribution in [3.63, 3.8) is 0 Å². The molecule has 0 bridgehead atoms. The summed E-state index contributed by atoms with van der Waals surface area (Å²) in [5.74, 6) is 4.80. The number of hydrogen-bond donors (Lipinski definition) is 3. The Bertz CT molecular complexity index is 1060. The Balaban J connectivity index is 1.31. The summed E-state index contributed by atoms with van der Waals surface area (Å²) in [4.78, 5) is 0. The van der Waals surface area contributed by atoms with Crippen LogP contribution in [-0.2, 0) is 10.1 Å². The summed E-state index contributed by atoms with van der Waals surface area (Å²) < 4.78 is 31.8. The van der Waals surface area contributed by atoms with Gasteiger partial charge in [0.05, 0.1) is 32.9 Å². The van der Waals surface area contributed by atoms with Crippen molar-refractivity contribution in [2.45, 2.75) is 124 Å². The van der Waals surface area contributed by atoms with Crippen LogP contribution in [-0.4, -0.2) is 67.8 Å². The summed E-state index contributed by atoms with van der Waals surface area (Å²) in [5, 5.41) is 15.1. The van der Waals surface area contributed by atoms with Crippen molar-refractivity contribution in [2.24, 2.45) is 46.3 Å². The highest BCUT2D eigenvalue weighted by molar-refractivity contribution is 7.85. The van der Waals surface area contributed by atoms with Gasteiger partial charge in [0, 0.05) is 25.8 Å². The van der Waals surface area contributed by atoms with E-state index in [1.54, 1.807) is 0 Å².